The summed E-state index contributed by atoms with van der Waals surface area (Å²) in [6.07, 6.45) is 1.12. The van der Waals surface area contributed by atoms with E-state index in [-0.39, 0.29) is 17.2 Å². The molecular weight excluding hydrogens is 427 g/mol. The molecule has 0 radical (unpaired) electrons. The molecule has 2 aromatic carbocycles. The summed E-state index contributed by atoms with van der Waals surface area (Å²) in [7, 11) is 0. The van der Waals surface area contributed by atoms with E-state index < -0.39 is 5.82 Å². The highest BCUT2D eigenvalue weighted by molar-refractivity contribution is 7.99. The number of rotatable bonds is 7. The lowest BCUT2D eigenvalue weighted by atomic mass is 10.2. The van der Waals surface area contributed by atoms with Gasteiger partial charge in [0, 0.05) is 38.4 Å². The molecule has 1 aromatic heterocycles. The Kier molecular flexibility index (Phi) is 7.22. The minimum atomic E-state index is -0.477. The van der Waals surface area contributed by atoms with E-state index >= 15 is 0 Å². The van der Waals surface area contributed by atoms with E-state index in [9.17, 15) is 14.0 Å². The first-order chi connectivity index (χ1) is 15.6. The van der Waals surface area contributed by atoms with Gasteiger partial charge in [-0.1, -0.05) is 43.0 Å². The zero-order valence-electron chi connectivity index (χ0n) is 18.2. The van der Waals surface area contributed by atoms with Gasteiger partial charge in [0.2, 0.25) is 5.91 Å². The summed E-state index contributed by atoms with van der Waals surface area (Å²) >= 11 is 1.38. The Labute approximate surface area is 191 Å². The van der Waals surface area contributed by atoms with Crippen LogP contribution in [0.15, 0.2) is 58.5 Å². The van der Waals surface area contributed by atoms with Gasteiger partial charge in [-0.3, -0.25) is 14.2 Å². The van der Waals surface area contributed by atoms with Gasteiger partial charge >= 0.3 is 0 Å². The van der Waals surface area contributed by atoms with Crippen LogP contribution in [0, 0.1) is 5.82 Å². The number of carbonyl (C=O) groups is 1. The van der Waals surface area contributed by atoms with Crippen molar-refractivity contribution in [1.82, 2.24) is 19.4 Å². The lowest BCUT2D eigenvalue weighted by Crippen LogP contribution is -2.48. The highest BCUT2D eigenvalue weighted by Crippen LogP contribution is 2.23. The lowest BCUT2D eigenvalue weighted by molar-refractivity contribution is -0.132. The van der Waals surface area contributed by atoms with Crippen LogP contribution >= 0.6 is 11.8 Å². The molecule has 0 atom stereocenters. The monoisotopic (exact) mass is 454 g/mol. The van der Waals surface area contributed by atoms with Crippen molar-refractivity contribution in [2.24, 2.45) is 0 Å². The fourth-order valence-corrected chi connectivity index (χ4v) is 4.86. The highest BCUT2D eigenvalue weighted by Gasteiger charge is 2.20. The molecule has 6 nitrogen and oxygen atoms in total. The van der Waals surface area contributed by atoms with Crippen molar-refractivity contribution in [2.45, 2.75) is 24.9 Å². The third-order valence-electron chi connectivity index (χ3n) is 5.78. The average Bonchev–Trinajstić information content (AvgIpc) is 2.83. The summed E-state index contributed by atoms with van der Waals surface area (Å²) in [5.74, 6) is 0.300. The Morgan fingerprint density at radius 2 is 1.78 bits per heavy atom. The standard InChI is InChI=1S/C24H27FN4O2S/c1-2-27-13-15-28(16-14-27)22(30)12-7-17-32-24-26-20-10-5-3-8-18(20)23(31)29(24)21-11-6-4-9-19(21)25/h3-6,8-11H,2,7,12-17H2,1H3. The molecule has 0 N–H and O–H groups in total. The number of amides is 1. The van der Waals surface area contributed by atoms with Crippen LogP contribution in [0.3, 0.4) is 0 Å². The number of halogens is 1. The number of nitrogens with zero attached hydrogens (tertiary/aromatic N) is 4. The van der Waals surface area contributed by atoms with Crippen molar-refractivity contribution in [3.05, 3.63) is 64.7 Å². The van der Waals surface area contributed by atoms with Crippen LogP contribution in [-0.4, -0.2) is 63.7 Å². The van der Waals surface area contributed by atoms with Gasteiger partial charge in [0.05, 0.1) is 16.6 Å². The van der Waals surface area contributed by atoms with Crippen molar-refractivity contribution < 1.29 is 9.18 Å². The number of hydrogen-bond donors (Lipinski definition) is 0. The predicted molar refractivity (Wildman–Crippen MR) is 126 cm³/mol. The van der Waals surface area contributed by atoms with Crippen molar-refractivity contribution in [3.63, 3.8) is 0 Å². The summed E-state index contributed by atoms with van der Waals surface area (Å²) in [5, 5.41) is 0.879. The largest absolute Gasteiger partial charge is 0.340 e. The summed E-state index contributed by atoms with van der Waals surface area (Å²) in [4.78, 5) is 34.6. The molecule has 1 aliphatic rings. The summed E-state index contributed by atoms with van der Waals surface area (Å²) < 4.78 is 15.9. The van der Waals surface area contributed by atoms with Crippen LogP contribution in [0.1, 0.15) is 19.8 Å². The van der Waals surface area contributed by atoms with E-state index in [1.165, 1.54) is 22.4 Å². The molecule has 0 bridgehead atoms. The maximum Gasteiger partial charge on any atom is 0.266 e. The van der Waals surface area contributed by atoms with Crippen LogP contribution in [0.5, 0.6) is 0 Å². The molecule has 1 aliphatic heterocycles. The lowest BCUT2D eigenvalue weighted by Gasteiger charge is -2.34. The Morgan fingerprint density at radius 3 is 2.53 bits per heavy atom. The van der Waals surface area contributed by atoms with Gasteiger partial charge in [-0.15, -0.1) is 0 Å². The Hall–Kier alpha value is -2.71. The molecule has 4 rings (SSSR count). The third-order valence-corrected chi connectivity index (χ3v) is 6.80. The number of likely N-dealkylation sites (N-methyl/N-ethyl adjacent to an activating group) is 1. The quantitative estimate of drug-likeness (QED) is 0.310. The third kappa shape index (κ3) is 4.86. The predicted octanol–water partition coefficient (Wildman–Crippen LogP) is 3.56. The second-order valence-corrected chi connectivity index (χ2v) is 8.83. The second kappa shape index (κ2) is 10.3. The van der Waals surface area contributed by atoms with Crippen LogP contribution in [0.25, 0.3) is 16.6 Å². The molecule has 0 saturated carbocycles. The molecule has 3 aromatic rings. The zero-order chi connectivity index (χ0) is 22.5. The fourth-order valence-electron chi connectivity index (χ4n) is 3.91. The number of carbonyl (C=O) groups excluding carboxylic acids is 1. The molecule has 0 spiro atoms. The number of para-hydroxylation sites is 2. The number of piperazine rings is 1. The van der Waals surface area contributed by atoms with E-state index in [1.807, 2.05) is 11.0 Å². The molecule has 2 heterocycles. The smallest absolute Gasteiger partial charge is 0.266 e. The van der Waals surface area contributed by atoms with E-state index in [2.05, 4.69) is 16.8 Å². The molecule has 0 aliphatic carbocycles. The van der Waals surface area contributed by atoms with Gasteiger partial charge in [-0.05, 0) is 37.2 Å². The van der Waals surface area contributed by atoms with Crippen LogP contribution in [-0.2, 0) is 4.79 Å². The van der Waals surface area contributed by atoms with Gasteiger partial charge in [0.25, 0.3) is 5.56 Å². The second-order valence-electron chi connectivity index (χ2n) is 7.77. The minimum absolute atomic E-state index is 0.166. The Balaban J connectivity index is 1.48. The maximum atomic E-state index is 14.5. The number of aromatic nitrogens is 2. The fraction of sp³-hybridized carbons (Fsp3) is 0.375. The van der Waals surface area contributed by atoms with Gasteiger partial charge in [-0.25, -0.2) is 9.37 Å². The van der Waals surface area contributed by atoms with Crippen molar-refractivity contribution in [3.8, 4) is 5.69 Å². The molecule has 32 heavy (non-hydrogen) atoms. The Morgan fingerprint density at radius 1 is 1.06 bits per heavy atom. The first-order valence-corrected chi connectivity index (χ1v) is 12.0. The van der Waals surface area contributed by atoms with Crippen molar-refractivity contribution >= 4 is 28.6 Å². The topological polar surface area (TPSA) is 58.4 Å². The SMILES string of the molecule is CCN1CCN(C(=O)CCCSc2nc3ccccc3c(=O)n2-c2ccccc2F)CC1. The van der Waals surface area contributed by atoms with Crippen LogP contribution in [0.4, 0.5) is 4.39 Å². The summed E-state index contributed by atoms with van der Waals surface area (Å²) in [6.45, 7) is 6.55. The van der Waals surface area contributed by atoms with E-state index in [0.717, 1.165) is 32.7 Å². The van der Waals surface area contributed by atoms with E-state index in [1.54, 1.807) is 36.4 Å². The number of hydrogen-bond acceptors (Lipinski definition) is 5. The Bertz CT molecular complexity index is 1160. The van der Waals surface area contributed by atoms with Gasteiger partial charge in [-0.2, -0.15) is 0 Å². The van der Waals surface area contributed by atoms with Crippen LogP contribution in [0.2, 0.25) is 0 Å². The van der Waals surface area contributed by atoms with E-state index in [0.29, 0.717) is 34.7 Å². The maximum absolute atomic E-state index is 14.5. The molecule has 0 unspecified atom stereocenters. The molecule has 8 heteroatoms. The van der Waals surface area contributed by atoms with Crippen molar-refractivity contribution in [2.75, 3.05) is 38.5 Å². The van der Waals surface area contributed by atoms with Crippen molar-refractivity contribution in [1.29, 1.82) is 0 Å². The molecule has 168 valence electrons. The zero-order valence-corrected chi connectivity index (χ0v) is 19.0. The molecule has 1 amide bonds. The van der Waals surface area contributed by atoms with Gasteiger partial charge in [0.1, 0.15) is 5.82 Å². The first-order valence-electron chi connectivity index (χ1n) is 11.0. The van der Waals surface area contributed by atoms with Crippen LogP contribution < -0.4 is 5.56 Å². The highest BCUT2D eigenvalue weighted by atomic mass is 32.2. The summed E-state index contributed by atoms with van der Waals surface area (Å²) in [5.41, 5.74) is 0.466. The average molecular weight is 455 g/mol. The number of benzene rings is 2. The number of fused-ring (bicyclic) bond motifs is 1. The minimum Gasteiger partial charge on any atom is -0.340 e. The van der Waals surface area contributed by atoms with Gasteiger partial charge in [0.15, 0.2) is 5.16 Å². The summed E-state index contributed by atoms with van der Waals surface area (Å²) in [6, 6.07) is 13.3. The molecule has 1 fully saturated rings. The molecular formula is C24H27FN4O2S. The van der Waals surface area contributed by atoms with Gasteiger partial charge < -0.3 is 9.80 Å². The number of thioether (sulfide) groups is 1. The first kappa shape index (κ1) is 22.5. The molecule has 1 saturated heterocycles. The normalized spacial score (nSPS) is 14.8. The van der Waals surface area contributed by atoms with E-state index in [4.69, 9.17) is 0 Å².